The number of aryl methyl sites for hydroxylation is 2. The summed E-state index contributed by atoms with van der Waals surface area (Å²) in [5, 5.41) is 3.38. The van der Waals surface area contributed by atoms with Crippen LogP contribution >= 0.6 is 11.6 Å². The van der Waals surface area contributed by atoms with Gasteiger partial charge in [-0.1, -0.05) is 72.3 Å². The molecule has 0 unspecified atom stereocenters. The van der Waals surface area contributed by atoms with Crippen LogP contribution in [-0.2, 0) is 22.8 Å². The van der Waals surface area contributed by atoms with Gasteiger partial charge >= 0.3 is 0 Å². The lowest BCUT2D eigenvalue weighted by Crippen LogP contribution is -2.18. The van der Waals surface area contributed by atoms with Crippen LogP contribution in [0.3, 0.4) is 0 Å². The minimum Gasteiger partial charge on any atom is -0.309 e. The summed E-state index contributed by atoms with van der Waals surface area (Å²) in [4.78, 5) is 23.1. The molecule has 7 nitrogen and oxygen atoms in total. The van der Waals surface area contributed by atoms with Crippen molar-refractivity contribution in [1.82, 2.24) is 14.5 Å². The van der Waals surface area contributed by atoms with E-state index in [2.05, 4.69) is 5.32 Å². The van der Waals surface area contributed by atoms with Gasteiger partial charge in [0.05, 0.1) is 15.9 Å². The molecule has 0 spiro atoms. The van der Waals surface area contributed by atoms with Crippen molar-refractivity contribution in [2.24, 2.45) is 0 Å². The minimum absolute atomic E-state index is 0.0917. The number of carbonyl (C=O) groups is 1. The van der Waals surface area contributed by atoms with Crippen molar-refractivity contribution in [3.05, 3.63) is 125 Å². The van der Waals surface area contributed by atoms with E-state index in [0.717, 1.165) is 5.56 Å². The monoisotopic (exact) mass is 566 g/mol. The highest BCUT2D eigenvalue weighted by molar-refractivity contribution is 7.92. The van der Waals surface area contributed by atoms with Crippen LogP contribution in [0.5, 0.6) is 0 Å². The Hall–Kier alpha value is -4.53. The van der Waals surface area contributed by atoms with E-state index in [9.17, 15) is 13.2 Å². The Balaban J connectivity index is 1.61. The summed E-state index contributed by atoms with van der Waals surface area (Å²) in [6.45, 7) is 0.355. The summed E-state index contributed by atoms with van der Waals surface area (Å²) in [5.74, 6) is -0.362. The normalized spacial score (nSPS) is 11.6. The van der Waals surface area contributed by atoms with E-state index in [1.807, 2.05) is 48.5 Å². The number of nitrogens with zero attached hydrogens (tertiary/aromatic N) is 3. The molecule has 6 aromatic rings. The highest BCUT2D eigenvalue weighted by atomic mass is 35.5. The Morgan fingerprint density at radius 3 is 2.05 bits per heavy atom. The Morgan fingerprint density at radius 2 is 1.38 bits per heavy atom. The maximum atomic E-state index is 14.2. The molecule has 1 amide bonds. The summed E-state index contributed by atoms with van der Waals surface area (Å²) in [5.41, 5.74) is 3.12. The third kappa shape index (κ3) is 4.83. The molecule has 0 saturated heterocycles. The number of sulfone groups is 1. The van der Waals surface area contributed by atoms with E-state index in [-0.39, 0.29) is 21.1 Å². The first kappa shape index (κ1) is 25.7. The molecule has 0 atom stereocenters. The summed E-state index contributed by atoms with van der Waals surface area (Å²) in [6, 6.07) is 31.7. The number of aromatic nitrogens is 3. The first-order valence-electron chi connectivity index (χ1n) is 12.6. The highest BCUT2D eigenvalue weighted by Crippen LogP contribution is 2.37. The fraction of sp³-hybridized carbons (Fsp3) is 0.0645. The van der Waals surface area contributed by atoms with Crippen LogP contribution in [-0.4, -0.2) is 28.9 Å². The van der Waals surface area contributed by atoms with Crippen molar-refractivity contribution in [3.8, 4) is 0 Å². The standard InChI is InChI=1S/C31H23ClN4O3S/c32-23-17-15-22(16-18-23)31(37)35-30-28(40(38,39)24-11-5-2-6-12-24)27-29(34-26-14-8-7-13-25(26)33-27)36(30)20-19-21-9-3-1-4-10-21/h1-18H,19-20H2,(H,35,37). The van der Waals surface area contributed by atoms with E-state index in [1.54, 1.807) is 53.1 Å². The number of hydrogen-bond donors (Lipinski definition) is 1. The number of amides is 1. The molecule has 0 bridgehead atoms. The van der Waals surface area contributed by atoms with Gasteiger partial charge in [-0.05, 0) is 60.5 Å². The van der Waals surface area contributed by atoms with E-state index < -0.39 is 15.7 Å². The van der Waals surface area contributed by atoms with E-state index in [1.165, 1.54) is 12.1 Å². The lowest BCUT2D eigenvalue weighted by molar-refractivity contribution is 0.102. The molecule has 9 heteroatoms. The van der Waals surface area contributed by atoms with Crippen LogP contribution in [0.1, 0.15) is 15.9 Å². The first-order valence-corrected chi connectivity index (χ1v) is 14.5. The molecule has 2 heterocycles. The molecular formula is C31H23ClN4O3S. The number of carbonyl (C=O) groups excluding carboxylic acids is 1. The summed E-state index contributed by atoms with van der Waals surface area (Å²) >= 11 is 6.03. The third-order valence-corrected chi connectivity index (χ3v) is 8.70. The summed E-state index contributed by atoms with van der Waals surface area (Å²) in [7, 11) is -4.12. The van der Waals surface area contributed by atoms with Gasteiger partial charge in [-0.15, -0.1) is 0 Å². The van der Waals surface area contributed by atoms with E-state index >= 15 is 0 Å². The first-order chi connectivity index (χ1) is 19.4. The fourth-order valence-electron chi connectivity index (χ4n) is 4.65. The second-order valence-corrected chi connectivity index (χ2v) is 11.5. The quantitative estimate of drug-likeness (QED) is 0.236. The third-order valence-electron chi connectivity index (χ3n) is 6.64. The second kappa shape index (κ2) is 10.6. The van der Waals surface area contributed by atoms with Gasteiger partial charge in [-0.3, -0.25) is 4.79 Å². The topological polar surface area (TPSA) is 93.9 Å². The lowest BCUT2D eigenvalue weighted by Gasteiger charge is -2.14. The summed E-state index contributed by atoms with van der Waals surface area (Å²) in [6.07, 6.45) is 0.577. The molecular weight excluding hydrogens is 544 g/mol. The number of fused-ring (bicyclic) bond motifs is 2. The van der Waals surface area contributed by atoms with Crippen molar-refractivity contribution in [3.63, 3.8) is 0 Å². The average molecular weight is 567 g/mol. The zero-order valence-corrected chi connectivity index (χ0v) is 22.7. The van der Waals surface area contributed by atoms with Crippen LogP contribution in [0.25, 0.3) is 22.2 Å². The molecule has 40 heavy (non-hydrogen) atoms. The molecule has 4 aromatic carbocycles. The molecule has 6 rings (SSSR count). The van der Waals surface area contributed by atoms with Gasteiger partial charge in [0.1, 0.15) is 16.2 Å². The SMILES string of the molecule is O=C(Nc1c(S(=O)(=O)c2ccccc2)c2nc3ccccc3nc2n1CCc1ccccc1)c1ccc(Cl)cc1. The molecule has 1 N–H and O–H groups in total. The fourth-order valence-corrected chi connectivity index (χ4v) is 6.34. The van der Waals surface area contributed by atoms with Crippen LogP contribution in [0.2, 0.25) is 5.02 Å². The molecule has 0 aliphatic carbocycles. The Bertz CT molecular complexity index is 1960. The van der Waals surface area contributed by atoms with Crippen molar-refractivity contribution >= 4 is 55.4 Å². The molecule has 2 aromatic heterocycles. The number of rotatable bonds is 7. The van der Waals surface area contributed by atoms with Crippen LogP contribution in [0, 0.1) is 0 Å². The predicted octanol–water partition coefficient (Wildman–Crippen LogP) is 6.57. The van der Waals surface area contributed by atoms with Crippen LogP contribution in [0.4, 0.5) is 5.82 Å². The lowest BCUT2D eigenvalue weighted by atomic mass is 10.1. The number of halogens is 1. The summed E-state index contributed by atoms with van der Waals surface area (Å²) < 4.78 is 30.2. The molecule has 198 valence electrons. The largest absolute Gasteiger partial charge is 0.309 e. The van der Waals surface area contributed by atoms with Crippen LogP contribution < -0.4 is 5.32 Å². The number of benzene rings is 4. The van der Waals surface area contributed by atoms with Crippen LogP contribution in [0.15, 0.2) is 119 Å². The van der Waals surface area contributed by atoms with Crippen molar-refractivity contribution < 1.29 is 13.2 Å². The molecule has 0 radical (unpaired) electrons. The predicted molar refractivity (Wildman–Crippen MR) is 156 cm³/mol. The maximum absolute atomic E-state index is 14.2. The van der Waals surface area contributed by atoms with Gasteiger partial charge in [0.2, 0.25) is 9.84 Å². The van der Waals surface area contributed by atoms with Gasteiger partial charge in [0, 0.05) is 17.1 Å². The zero-order chi connectivity index (χ0) is 27.7. The van der Waals surface area contributed by atoms with Gasteiger partial charge in [0.25, 0.3) is 5.91 Å². The average Bonchev–Trinajstić information content (AvgIpc) is 3.28. The molecule has 0 aliphatic heterocycles. The second-order valence-electron chi connectivity index (χ2n) is 9.23. The number of hydrogen-bond acceptors (Lipinski definition) is 5. The van der Waals surface area contributed by atoms with Gasteiger partial charge in [-0.25, -0.2) is 18.4 Å². The van der Waals surface area contributed by atoms with E-state index in [4.69, 9.17) is 21.6 Å². The number of nitrogens with one attached hydrogen (secondary N) is 1. The molecule has 0 fully saturated rings. The van der Waals surface area contributed by atoms with Crippen molar-refractivity contribution in [1.29, 1.82) is 0 Å². The Labute approximate surface area is 236 Å². The highest BCUT2D eigenvalue weighted by Gasteiger charge is 2.32. The van der Waals surface area contributed by atoms with Crippen molar-refractivity contribution in [2.75, 3.05) is 5.32 Å². The zero-order valence-electron chi connectivity index (χ0n) is 21.2. The molecule has 0 saturated carbocycles. The minimum atomic E-state index is -4.12. The van der Waals surface area contributed by atoms with Gasteiger partial charge in [0.15, 0.2) is 5.65 Å². The van der Waals surface area contributed by atoms with Crippen molar-refractivity contribution in [2.45, 2.75) is 22.8 Å². The van der Waals surface area contributed by atoms with Gasteiger partial charge in [-0.2, -0.15) is 0 Å². The maximum Gasteiger partial charge on any atom is 0.256 e. The molecule has 0 aliphatic rings. The van der Waals surface area contributed by atoms with E-state index in [0.29, 0.717) is 40.2 Å². The Kier molecular flexibility index (Phi) is 6.79. The van der Waals surface area contributed by atoms with Gasteiger partial charge < -0.3 is 9.88 Å². The Morgan fingerprint density at radius 1 is 0.775 bits per heavy atom. The number of para-hydroxylation sites is 2. The number of anilines is 1. The smallest absolute Gasteiger partial charge is 0.256 e.